The van der Waals surface area contributed by atoms with Gasteiger partial charge in [0.15, 0.2) is 0 Å². The van der Waals surface area contributed by atoms with Gasteiger partial charge in [-0.1, -0.05) is 59.6 Å². The van der Waals surface area contributed by atoms with Gasteiger partial charge < -0.3 is 15.5 Å². The number of aromatic nitrogens is 2. The summed E-state index contributed by atoms with van der Waals surface area (Å²) >= 11 is 12.5. The number of anilines is 2. The smallest absolute Gasteiger partial charge is 0.247 e. The molecular formula is C21H19Cl2N5O. The van der Waals surface area contributed by atoms with E-state index >= 15 is 0 Å². The average Bonchev–Trinajstić information content (AvgIpc) is 2.74. The Morgan fingerprint density at radius 3 is 2.59 bits per heavy atom. The number of piperazine rings is 1. The standard InChI is InChI=1S/C21H19Cl2N5O/c22-16-7-4-8-17(23)15(16)13-26-21-25-10-9-18(27-21)28-12-11-24-20(29)19(28)14-5-2-1-3-6-14/h1-10,19H,11-13H2,(H,24,29)(H,25,26,27). The molecule has 148 valence electrons. The van der Waals surface area contributed by atoms with Crippen LogP contribution >= 0.6 is 23.2 Å². The van der Waals surface area contributed by atoms with E-state index in [1.54, 1.807) is 24.4 Å². The minimum Gasteiger partial charge on any atom is -0.352 e. The van der Waals surface area contributed by atoms with Crippen molar-refractivity contribution in [2.45, 2.75) is 12.6 Å². The first kappa shape index (κ1) is 19.5. The van der Waals surface area contributed by atoms with Crippen LogP contribution in [0.15, 0.2) is 60.8 Å². The maximum Gasteiger partial charge on any atom is 0.247 e. The first-order valence-corrected chi connectivity index (χ1v) is 9.98. The van der Waals surface area contributed by atoms with E-state index in [1.807, 2.05) is 41.3 Å². The number of hydrogen-bond donors (Lipinski definition) is 2. The number of rotatable bonds is 5. The fraction of sp³-hybridized carbons (Fsp3) is 0.190. The topological polar surface area (TPSA) is 70.2 Å². The molecule has 1 aliphatic heterocycles. The van der Waals surface area contributed by atoms with Gasteiger partial charge in [-0.05, 0) is 23.8 Å². The van der Waals surface area contributed by atoms with Gasteiger partial charge in [-0.15, -0.1) is 0 Å². The molecule has 0 spiro atoms. The lowest BCUT2D eigenvalue weighted by Crippen LogP contribution is -2.50. The number of benzene rings is 2. The SMILES string of the molecule is O=C1NCCN(c2ccnc(NCc3c(Cl)cccc3Cl)n2)C1c1ccccc1. The first-order chi connectivity index (χ1) is 14.1. The number of hydrogen-bond acceptors (Lipinski definition) is 5. The molecule has 1 atom stereocenters. The molecular weight excluding hydrogens is 409 g/mol. The van der Waals surface area contributed by atoms with Crippen LogP contribution in [-0.4, -0.2) is 29.0 Å². The number of carbonyl (C=O) groups is 1. The van der Waals surface area contributed by atoms with E-state index in [0.29, 0.717) is 41.4 Å². The van der Waals surface area contributed by atoms with Gasteiger partial charge in [0.1, 0.15) is 11.9 Å². The Balaban J connectivity index is 1.58. The van der Waals surface area contributed by atoms with Gasteiger partial charge in [0.25, 0.3) is 0 Å². The summed E-state index contributed by atoms with van der Waals surface area (Å²) in [5.74, 6) is 1.08. The van der Waals surface area contributed by atoms with Crippen LogP contribution in [0.3, 0.4) is 0 Å². The summed E-state index contributed by atoms with van der Waals surface area (Å²) in [7, 11) is 0. The number of nitrogens with one attached hydrogen (secondary N) is 2. The molecule has 1 aliphatic rings. The molecule has 2 heterocycles. The van der Waals surface area contributed by atoms with Crippen LogP contribution in [0.1, 0.15) is 17.2 Å². The molecule has 6 nitrogen and oxygen atoms in total. The van der Waals surface area contributed by atoms with Crippen molar-refractivity contribution in [3.8, 4) is 0 Å². The summed E-state index contributed by atoms with van der Waals surface area (Å²) < 4.78 is 0. The molecule has 0 saturated carbocycles. The van der Waals surface area contributed by atoms with Crippen LogP contribution in [0.4, 0.5) is 11.8 Å². The second-order valence-electron chi connectivity index (χ2n) is 6.59. The molecule has 0 aliphatic carbocycles. The summed E-state index contributed by atoms with van der Waals surface area (Å²) in [6.45, 7) is 1.60. The average molecular weight is 428 g/mol. The third-order valence-corrected chi connectivity index (χ3v) is 5.46. The Hall–Kier alpha value is -2.83. The van der Waals surface area contributed by atoms with Crippen molar-refractivity contribution in [3.63, 3.8) is 0 Å². The third kappa shape index (κ3) is 4.28. The monoisotopic (exact) mass is 427 g/mol. The van der Waals surface area contributed by atoms with Crippen LogP contribution in [0.25, 0.3) is 0 Å². The van der Waals surface area contributed by atoms with Crippen molar-refractivity contribution in [2.75, 3.05) is 23.3 Å². The Morgan fingerprint density at radius 1 is 1.07 bits per heavy atom. The normalized spacial score (nSPS) is 16.4. The number of carbonyl (C=O) groups excluding carboxylic acids is 1. The lowest BCUT2D eigenvalue weighted by Gasteiger charge is -2.36. The summed E-state index contributed by atoms with van der Waals surface area (Å²) in [5.41, 5.74) is 1.70. The van der Waals surface area contributed by atoms with Gasteiger partial charge in [-0.2, -0.15) is 4.98 Å². The Labute approximate surface area is 178 Å². The molecule has 3 aromatic rings. The second kappa shape index (κ2) is 8.68. The predicted octanol–water partition coefficient (Wildman–Crippen LogP) is 4.07. The molecule has 1 amide bonds. The molecule has 1 saturated heterocycles. The highest BCUT2D eigenvalue weighted by Crippen LogP contribution is 2.29. The van der Waals surface area contributed by atoms with E-state index in [0.717, 1.165) is 11.1 Å². The van der Waals surface area contributed by atoms with Crippen molar-refractivity contribution in [3.05, 3.63) is 82.0 Å². The Morgan fingerprint density at radius 2 is 1.83 bits per heavy atom. The minimum atomic E-state index is -0.439. The van der Waals surface area contributed by atoms with Gasteiger partial charge >= 0.3 is 0 Å². The molecule has 29 heavy (non-hydrogen) atoms. The van der Waals surface area contributed by atoms with Crippen molar-refractivity contribution in [2.24, 2.45) is 0 Å². The van der Waals surface area contributed by atoms with Gasteiger partial charge in [-0.25, -0.2) is 4.98 Å². The zero-order valence-electron chi connectivity index (χ0n) is 15.5. The lowest BCUT2D eigenvalue weighted by atomic mass is 10.0. The van der Waals surface area contributed by atoms with E-state index in [9.17, 15) is 4.79 Å². The lowest BCUT2D eigenvalue weighted by molar-refractivity contribution is -0.123. The van der Waals surface area contributed by atoms with Crippen molar-refractivity contribution >= 4 is 40.9 Å². The summed E-state index contributed by atoms with van der Waals surface area (Å²) in [4.78, 5) is 23.5. The van der Waals surface area contributed by atoms with Crippen LogP contribution in [0.5, 0.6) is 0 Å². The fourth-order valence-corrected chi connectivity index (χ4v) is 3.87. The van der Waals surface area contributed by atoms with Crippen LogP contribution < -0.4 is 15.5 Å². The van der Waals surface area contributed by atoms with Gasteiger partial charge in [-0.3, -0.25) is 4.79 Å². The van der Waals surface area contributed by atoms with E-state index in [-0.39, 0.29) is 5.91 Å². The van der Waals surface area contributed by atoms with Gasteiger partial charge in [0.2, 0.25) is 11.9 Å². The zero-order chi connectivity index (χ0) is 20.2. The summed E-state index contributed by atoms with van der Waals surface area (Å²) in [6, 6.07) is 16.4. The largest absolute Gasteiger partial charge is 0.352 e. The van der Waals surface area contributed by atoms with Crippen molar-refractivity contribution in [1.29, 1.82) is 0 Å². The molecule has 2 aromatic carbocycles. The highest BCUT2D eigenvalue weighted by molar-refractivity contribution is 6.36. The molecule has 1 aromatic heterocycles. The van der Waals surface area contributed by atoms with Crippen molar-refractivity contribution in [1.82, 2.24) is 15.3 Å². The summed E-state index contributed by atoms with van der Waals surface area (Å²) in [6.07, 6.45) is 1.67. The van der Waals surface area contributed by atoms with E-state index < -0.39 is 6.04 Å². The number of nitrogens with zero attached hydrogens (tertiary/aromatic N) is 3. The Bertz CT molecular complexity index is 995. The molecule has 1 unspecified atom stereocenters. The number of halogens is 2. The van der Waals surface area contributed by atoms with Crippen LogP contribution in [0.2, 0.25) is 10.0 Å². The van der Waals surface area contributed by atoms with Gasteiger partial charge in [0.05, 0.1) is 0 Å². The molecule has 0 radical (unpaired) electrons. The molecule has 1 fully saturated rings. The predicted molar refractivity (Wildman–Crippen MR) is 115 cm³/mol. The van der Waals surface area contributed by atoms with Crippen LogP contribution in [-0.2, 0) is 11.3 Å². The molecule has 8 heteroatoms. The highest BCUT2D eigenvalue weighted by Gasteiger charge is 2.32. The van der Waals surface area contributed by atoms with E-state index in [2.05, 4.69) is 20.6 Å². The third-order valence-electron chi connectivity index (χ3n) is 4.75. The first-order valence-electron chi connectivity index (χ1n) is 9.22. The van der Waals surface area contributed by atoms with Crippen LogP contribution in [0, 0.1) is 0 Å². The minimum absolute atomic E-state index is 0.0431. The maximum atomic E-state index is 12.6. The fourth-order valence-electron chi connectivity index (χ4n) is 3.34. The van der Waals surface area contributed by atoms with Gasteiger partial charge in [0, 0.05) is 41.4 Å². The zero-order valence-corrected chi connectivity index (χ0v) is 17.0. The van der Waals surface area contributed by atoms with Crippen molar-refractivity contribution < 1.29 is 4.79 Å². The molecule has 4 rings (SSSR count). The van der Waals surface area contributed by atoms with E-state index in [1.165, 1.54) is 0 Å². The Kier molecular flexibility index (Phi) is 5.83. The second-order valence-corrected chi connectivity index (χ2v) is 7.40. The highest BCUT2D eigenvalue weighted by atomic mass is 35.5. The quantitative estimate of drug-likeness (QED) is 0.641. The molecule has 2 N–H and O–H groups in total. The summed E-state index contributed by atoms with van der Waals surface area (Å²) in [5, 5.41) is 7.27. The molecule has 0 bridgehead atoms. The van der Waals surface area contributed by atoms with E-state index in [4.69, 9.17) is 23.2 Å². The number of amides is 1. The maximum absolute atomic E-state index is 12.6.